The molecule has 1 aliphatic rings. The lowest BCUT2D eigenvalue weighted by molar-refractivity contribution is 0.122. The van der Waals surface area contributed by atoms with E-state index in [9.17, 15) is 0 Å². The molecule has 0 bridgehead atoms. The van der Waals surface area contributed by atoms with Gasteiger partial charge in [0.15, 0.2) is 0 Å². The minimum atomic E-state index is 0.505. The molecule has 1 rings (SSSR count). The zero-order valence-electron chi connectivity index (χ0n) is 5.26. The standard InChI is InChI=1S/C6H13NO/c1-2-8-6-3-5(6)4-7/h5-6H,2-4,7H2,1H3. The molecule has 2 unspecified atom stereocenters. The van der Waals surface area contributed by atoms with E-state index in [2.05, 4.69) is 0 Å². The fourth-order valence-electron chi connectivity index (χ4n) is 0.886. The fraction of sp³-hybridized carbons (Fsp3) is 1.00. The molecule has 0 amide bonds. The first-order valence-electron chi connectivity index (χ1n) is 3.20. The first kappa shape index (κ1) is 6.05. The van der Waals surface area contributed by atoms with E-state index in [0.29, 0.717) is 12.0 Å². The lowest BCUT2D eigenvalue weighted by Crippen LogP contribution is -2.06. The van der Waals surface area contributed by atoms with E-state index in [1.54, 1.807) is 0 Å². The van der Waals surface area contributed by atoms with Crippen molar-refractivity contribution in [1.29, 1.82) is 0 Å². The molecule has 0 aromatic rings. The molecule has 2 heteroatoms. The van der Waals surface area contributed by atoms with Gasteiger partial charge in [-0.3, -0.25) is 0 Å². The van der Waals surface area contributed by atoms with E-state index in [0.717, 1.165) is 13.2 Å². The molecule has 48 valence electrons. The van der Waals surface area contributed by atoms with Crippen LogP contribution >= 0.6 is 0 Å². The first-order valence-corrected chi connectivity index (χ1v) is 3.20. The van der Waals surface area contributed by atoms with E-state index in [1.807, 2.05) is 6.92 Å². The highest BCUT2D eigenvalue weighted by atomic mass is 16.5. The Kier molecular flexibility index (Phi) is 1.86. The van der Waals surface area contributed by atoms with Crippen molar-refractivity contribution in [3.8, 4) is 0 Å². The molecule has 0 heterocycles. The van der Waals surface area contributed by atoms with Gasteiger partial charge in [0.25, 0.3) is 0 Å². The summed E-state index contributed by atoms with van der Waals surface area (Å²) in [6, 6.07) is 0. The minimum absolute atomic E-state index is 0.505. The number of hydrogen-bond donors (Lipinski definition) is 1. The van der Waals surface area contributed by atoms with Gasteiger partial charge < -0.3 is 10.5 Å². The molecule has 0 spiro atoms. The second-order valence-corrected chi connectivity index (χ2v) is 2.23. The van der Waals surface area contributed by atoms with Crippen LogP contribution in [0.3, 0.4) is 0 Å². The Labute approximate surface area is 50.0 Å². The van der Waals surface area contributed by atoms with E-state index >= 15 is 0 Å². The average Bonchev–Trinajstić information content (AvgIpc) is 2.48. The number of ether oxygens (including phenoxy) is 1. The van der Waals surface area contributed by atoms with Crippen molar-refractivity contribution < 1.29 is 4.74 Å². The third-order valence-corrected chi connectivity index (χ3v) is 1.54. The zero-order chi connectivity index (χ0) is 5.98. The van der Waals surface area contributed by atoms with Gasteiger partial charge in [-0.15, -0.1) is 0 Å². The van der Waals surface area contributed by atoms with Crippen LogP contribution in [0.15, 0.2) is 0 Å². The third kappa shape index (κ3) is 1.20. The van der Waals surface area contributed by atoms with Gasteiger partial charge in [-0.2, -0.15) is 0 Å². The summed E-state index contributed by atoms with van der Waals surface area (Å²) >= 11 is 0. The maximum absolute atomic E-state index is 5.37. The van der Waals surface area contributed by atoms with Crippen LogP contribution < -0.4 is 5.73 Å². The van der Waals surface area contributed by atoms with Crippen LogP contribution in [0, 0.1) is 5.92 Å². The summed E-state index contributed by atoms with van der Waals surface area (Å²) in [5.41, 5.74) is 5.37. The molecule has 1 saturated carbocycles. The van der Waals surface area contributed by atoms with Crippen molar-refractivity contribution in [2.24, 2.45) is 11.7 Å². The summed E-state index contributed by atoms with van der Waals surface area (Å²) in [6.45, 7) is 3.65. The van der Waals surface area contributed by atoms with Gasteiger partial charge in [-0.1, -0.05) is 0 Å². The van der Waals surface area contributed by atoms with E-state index in [1.165, 1.54) is 6.42 Å². The highest BCUT2D eigenvalue weighted by molar-refractivity contribution is 4.87. The van der Waals surface area contributed by atoms with Gasteiger partial charge in [0.2, 0.25) is 0 Å². The number of nitrogens with two attached hydrogens (primary N) is 1. The molecule has 0 aliphatic heterocycles. The summed E-state index contributed by atoms with van der Waals surface area (Å²) in [5, 5.41) is 0. The lowest BCUT2D eigenvalue weighted by Gasteiger charge is -1.94. The van der Waals surface area contributed by atoms with Crippen molar-refractivity contribution >= 4 is 0 Å². The lowest BCUT2D eigenvalue weighted by atomic mass is 10.4. The van der Waals surface area contributed by atoms with Crippen molar-refractivity contribution in [3.05, 3.63) is 0 Å². The van der Waals surface area contributed by atoms with Crippen molar-refractivity contribution in [2.45, 2.75) is 19.4 Å². The quantitative estimate of drug-likeness (QED) is 0.576. The van der Waals surface area contributed by atoms with Gasteiger partial charge >= 0.3 is 0 Å². The van der Waals surface area contributed by atoms with E-state index in [4.69, 9.17) is 10.5 Å². The summed E-state index contributed by atoms with van der Waals surface area (Å²) in [6.07, 6.45) is 1.69. The molecule has 1 aliphatic carbocycles. The Balaban J connectivity index is 1.99. The second kappa shape index (κ2) is 2.46. The van der Waals surface area contributed by atoms with Crippen LogP contribution in [0.4, 0.5) is 0 Å². The Morgan fingerprint density at radius 2 is 2.50 bits per heavy atom. The maximum Gasteiger partial charge on any atom is 0.0620 e. The van der Waals surface area contributed by atoms with Gasteiger partial charge in [0.1, 0.15) is 0 Å². The molecule has 2 atom stereocenters. The van der Waals surface area contributed by atoms with Crippen molar-refractivity contribution in [3.63, 3.8) is 0 Å². The molecule has 0 aromatic carbocycles. The smallest absolute Gasteiger partial charge is 0.0620 e. The van der Waals surface area contributed by atoms with Gasteiger partial charge in [-0.25, -0.2) is 0 Å². The Morgan fingerprint density at radius 1 is 1.75 bits per heavy atom. The summed E-state index contributed by atoms with van der Waals surface area (Å²) in [4.78, 5) is 0. The predicted molar refractivity (Wildman–Crippen MR) is 32.6 cm³/mol. The van der Waals surface area contributed by atoms with E-state index in [-0.39, 0.29) is 0 Å². The van der Waals surface area contributed by atoms with Crippen molar-refractivity contribution in [2.75, 3.05) is 13.2 Å². The van der Waals surface area contributed by atoms with Crippen LogP contribution in [0.25, 0.3) is 0 Å². The zero-order valence-corrected chi connectivity index (χ0v) is 5.26. The molecule has 1 fully saturated rings. The van der Waals surface area contributed by atoms with Gasteiger partial charge in [-0.05, 0) is 25.8 Å². The predicted octanol–water partition coefficient (Wildman–Crippen LogP) is 0.370. The fourth-order valence-corrected chi connectivity index (χ4v) is 0.886. The summed E-state index contributed by atoms with van der Waals surface area (Å²) < 4.78 is 5.28. The highest BCUT2D eigenvalue weighted by Gasteiger charge is 2.36. The molecule has 0 aromatic heterocycles. The summed E-state index contributed by atoms with van der Waals surface area (Å²) in [5.74, 6) is 0.676. The van der Waals surface area contributed by atoms with Crippen molar-refractivity contribution in [1.82, 2.24) is 0 Å². The van der Waals surface area contributed by atoms with Gasteiger partial charge in [0, 0.05) is 6.61 Å². The highest BCUT2D eigenvalue weighted by Crippen LogP contribution is 2.31. The molecular weight excluding hydrogens is 102 g/mol. The SMILES string of the molecule is CCOC1CC1CN. The van der Waals surface area contributed by atoms with E-state index < -0.39 is 0 Å². The van der Waals surface area contributed by atoms with Gasteiger partial charge in [0.05, 0.1) is 6.10 Å². The van der Waals surface area contributed by atoms with Crippen LogP contribution in [-0.4, -0.2) is 19.3 Å². The molecule has 2 N–H and O–H groups in total. The topological polar surface area (TPSA) is 35.2 Å². The number of rotatable bonds is 3. The molecule has 8 heavy (non-hydrogen) atoms. The third-order valence-electron chi connectivity index (χ3n) is 1.54. The van der Waals surface area contributed by atoms with Crippen LogP contribution in [-0.2, 0) is 4.74 Å². The molecule has 0 saturated heterocycles. The normalized spacial score (nSPS) is 35.2. The number of hydrogen-bond acceptors (Lipinski definition) is 2. The molecule has 0 radical (unpaired) electrons. The first-order chi connectivity index (χ1) is 3.88. The average molecular weight is 115 g/mol. The van der Waals surface area contributed by atoms with Crippen LogP contribution in [0.2, 0.25) is 0 Å². The molecule has 2 nitrogen and oxygen atoms in total. The Bertz CT molecular complexity index is 74.9. The second-order valence-electron chi connectivity index (χ2n) is 2.23. The van der Waals surface area contributed by atoms with Crippen LogP contribution in [0.1, 0.15) is 13.3 Å². The maximum atomic E-state index is 5.37. The Hall–Kier alpha value is -0.0800. The molecular formula is C6H13NO. The largest absolute Gasteiger partial charge is 0.378 e. The minimum Gasteiger partial charge on any atom is -0.378 e. The summed E-state index contributed by atoms with van der Waals surface area (Å²) in [7, 11) is 0. The van der Waals surface area contributed by atoms with Crippen LogP contribution in [0.5, 0.6) is 0 Å². The monoisotopic (exact) mass is 115 g/mol. The Morgan fingerprint density at radius 3 is 2.88 bits per heavy atom.